The summed E-state index contributed by atoms with van der Waals surface area (Å²) >= 11 is 0. The summed E-state index contributed by atoms with van der Waals surface area (Å²) in [6, 6.07) is 1.90. The minimum atomic E-state index is -1.88. The molecule has 19 heavy (non-hydrogen) atoms. The van der Waals surface area contributed by atoms with Crippen molar-refractivity contribution in [1.29, 1.82) is 0 Å². The maximum Gasteiger partial charge on any atom is 0.253 e. The zero-order valence-electron chi connectivity index (χ0n) is 8.95. The average molecular weight is 278 g/mol. The van der Waals surface area contributed by atoms with E-state index in [9.17, 15) is 26.3 Å². The summed E-state index contributed by atoms with van der Waals surface area (Å²) in [5.41, 5.74) is -1.64. The van der Waals surface area contributed by atoms with E-state index < -0.39 is 46.5 Å². The van der Waals surface area contributed by atoms with Crippen LogP contribution in [0, 0.1) is 35.2 Å². The maximum atomic E-state index is 13.2. The number of pyridine rings is 1. The number of nitrogens with one attached hydrogen (secondary N) is 1. The van der Waals surface area contributed by atoms with Gasteiger partial charge in [0.15, 0.2) is 0 Å². The van der Waals surface area contributed by atoms with Gasteiger partial charge in [-0.05, 0) is 12.1 Å². The first-order chi connectivity index (χ1) is 8.88. The Morgan fingerprint density at radius 1 is 0.737 bits per heavy atom. The lowest BCUT2D eigenvalue weighted by atomic mass is 10.2. The molecular formula is C11H4F6N2. The molecular weight excluding hydrogens is 274 g/mol. The first kappa shape index (κ1) is 13.2. The fraction of sp³-hybridized carbons (Fsp3) is 0. The van der Waals surface area contributed by atoms with E-state index in [0.29, 0.717) is 18.2 Å². The van der Waals surface area contributed by atoms with Gasteiger partial charge in [0.25, 0.3) is 11.9 Å². The average Bonchev–Trinajstić information content (AvgIpc) is 2.31. The second-order valence-electron chi connectivity index (χ2n) is 3.48. The van der Waals surface area contributed by atoms with E-state index in [1.165, 1.54) is 0 Å². The van der Waals surface area contributed by atoms with Gasteiger partial charge in [-0.15, -0.1) is 0 Å². The van der Waals surface area contributed by atoms with Gasteiger partial charge in [0.2, 0.25) is 11.6 Å². The molecule has 2 rings (SSSR count). The maximum absolute atomic E-state index is 13.2. The van der Waals surface area contributed by atoms with Crippen LogP contribution in [0.3, 0.4) is 0 Å². The van der Waals surface area contributed by atoms with Crippen molar-refractivity contribution in [3.05, 3.63) is 53.4 Å². The minimum absolute atomic E-state index is 0.416. The summed E-state index contributed by atoms with van der Waals surface area (Å²) in [4.78, 5) is 2.34. The van der Waals surface area contributed by atoms with Crippen LogP contribution in [0.1, 0.15) is 0 Å². The van der Waals surface area contributed by atoms with Gasteiger partial charge in [0.05, 0.1) is 0 Å². The lowest BCUT2D eigenvalue weighted by Gasteiger charge is -2.09. The molecule has 0 amide bonds. The second kappa shape index (κ2) is 4.79. The number of nitrogens with zero attached hydrogens (tertiary/aromatic N) is 1. The van der Waals surface area contributed by atoms with Crippen LogP contribution < -0.4 is 5.32 Å². The third-order valence-electron chi connectivity index (χ3n) is 2.13. The largest absolute Gasteiger partial charge is 0.350 e. The highest BCUT2D eigenvalue weighted by molar-refractivity contribution is 5.60. The van der Waals surface area contributed by atoms with Crippen molar-refractivity contribution < 1.29 is 26.3 Å². The molecule has 0 saturated heterocycles. The predicted octanol–water partition coefficient (Wildman–Crippen LogP) is 3.66. The van der Waals surface area contributed by atoms with Crippen molar-refractivity contribution in [2.24, 2.45) is 0 Å². The summed E-state index contributed by atoms with van der Waals surface area (Å²) in [5.74, 6) is -9.42. The van der Waals surface area contributed by atoms with E-state index in [2.05, 4.69) is 4.98 Å². The van der Waals surface area contributed by atoms with Gasteiger partial charge in [-0.25, -0.2) is 8.78 Å². The molecule has 0 atom stereocenters. The summed E-state index contributed by atoms with van der Waals surface area (Å²) in [7, 11) is 0. The topological polar surface area (TPSA) is 24.9 Å². The van der Waals surface area contributed by atoms with E-state index in [1.807, 2.05) is 5.32 Å². The number of aromatic nitrogens is 1. The molecule has 0 bridgehead atoms. The van der Waals surface area contributed by atoms with Gasteiger partial charge in [-0.2, -0.15) is 22.5 Å². The Balaban J connectivity index is 2.49. The van der Waals surface area contributed by atoms with E-state index in [-0.39, 0.29) is 0 Å². The smallest absolute Gasteiger partial charge is 0.253 e. The molecule has 0 radical (unpaired) electrons. The van der Waals surface area contributed by atoms with Crippen LogP contribution in [0.15, 0.2) is 18.2 Å². The quantitative estimate of drug-likeness (QED) is 0.670. The van der Waals surface area contributed by atoms with E-state index >= 15 is 0 Å². The first-order valence-corrected chi connectivity index (χ1v) is 4.81. The third kappa shape index (κ3) is 2.61. The predicted molar refractivity (Wildman–Crippen MR) is 53.7 cm³/mol. The number of benzene rings is 1. The van der Waals surface area contributed by atoms with Crippen molar-refractivity contribution in [3.63, 3.8) is 0 Å². The Morgan fingerprint density at radius 2 is 1.21 bits per heavy atom. The molecule has 1 aromatic carbocycles. The van der Waals surface area contributed by atoms with E-state index in [4.69, 9.17) is 0 Å². The van der Waals surface area contributed by atoms with E-state index in [1.54, 1.807) is 0 Å². The Morgan fingerprint density at radius 3 is 1.68 bits per heavy atom. The molecule has 0 aliphatic carbocycles. The van der Waals surface area contributed by atoms with Crippen molar-refractivity contribution in [1.82, 2.24) is 4.98 Å². The fourth-order valence-electron chi connectivity index (χ4n) is 1.37. The first-order valence-electron chi connectivity index (χ1n) is 4.81. The third-order valence-corrected chi connectivity index (χ3v) is 2.13. The lowest BCUT2D eigenvalue weighted by Crippen LogP contribution is -2.06. The van der Waals surface area contributed by atoms with Crippen LogP contribution >= 0.6 is 0 Å². The number of hydrogen-bond acceptors (Lipinski definition) is 2. The minimum Gasteiger partial charge on any atom is -0.350 e. The molecule has 1 N–H and O–H groups in total. The summed E-state index contributed by atoms with van der Waals surface area (Å²) < 4.78 is 77.8. The summed E-state index contributed by atoms with van der Waals surface area (Å²) in [6.07, 6.45) is 0. The van der Waals surface area contributed by atoms with Crippen molar-refractivity contribution in [3.8, 4) is 0 Å². The standard InChI is InChI=1S/C11H4F6N2/c12-4-1-5(13)3-6(2-4)18-9-7(14)10(16)19-11(17)8(9)15/h1-3H,(H,18,19). The monoisotopic (exact) mass is 278 g/mol. The normalized spacial score (nSPS) is 10.6. The van der Waals surface area contributed by atoms with Gasteiger partial charge in [-0.1, -0.05) is 0 Å². The Hall–Kier alpha value is -2.25. The molecule has 0 unspecified atom stereocenters. The van der Waals surface area contributed by atoms with E-state index in [0.717, 1.165) is 0 Å². The highest BCUT2D eigenvalue weighted by Crippen LogP contribution is 2.26. The fourth-order valence-corrected chi connectivity index (χ4v) is 1.37. The highest BCUT2D eigenvalue weighted by Gasteiger charge is 2.21. The lowest BCUT2D eigenvalue weighted by molar-refractivity contribution is 0.411. The van der Waals surface area contributed by atoms with Gasteiger partial charge < -0.3 is 5.32 Å². The molecule has 0 aliphatic rings. The summed E-state index contributed by atoms with van der Waals surface area (Å²) in [5, 5.41) is 1.85. The van der Waals surface area contributed by atoms with Gasteiger partial charge in [-0.3, -0.25) is 0 Å². The molecule has 0 spiro atoms. The van der Waals surface area contributed by atoms with Crippen LogP contribution in [-0.2, 0) is 0 Å². The molecule has 1 heterocycles. The Kier molecular flexibility index (Phi) is 3.32. The number of anilines is 2. The van der Waals surface area contributed by atoms with Crippen LogP contribution in [0.2, 0.25) is 0 Å². The molecule has 0 saturated carbocycles. The zero-order valence-corrected chi connectivity index (χ0v) is 8.95. The Bertz CT molecular complexity index is 597. The SMILES string of the molecule is Fc1cc(F)cc(Nc2c(F)c(F)nc(F)c2F)c1. The van der Waals surface area contributed by atoms with Gasteiger partial charge >= 0.3 is 0 Å². The molecule has 8 heteroatoms. The van der Waals surface area contributed by atoms with Crippen LogP contribution in [-0.4, -0.2) is 4.98 Å². The molecule has 1 aromatic heterocycles. The number of rotatable bonds is 2. The van der Waals surface area contributed by atoms with Crippen LogP contribution in [0.5, 0.6) is 0 Å². The molecule has 2 aromatic rings. The number of halogens is 6. The molecule has 0 fully saturated rings. The molecule has 100 valence electrons. The highest BCUT2D eigenvalue weighted by atomic mass is 19.2. The number of hydrogen-bond donors (Lipinski definition) is 1. The second-order valence-corrected chi connectivity index (χ2v) is 3.48. The molecule has 0 aliphatic heterocycles. The van der Waals surface area contributed by atoms with Crippen molar-refractivity contribution in [2.45, 2.75) is 0 Å². The van der Waals surface area contributed by atoms with Crippen molar-refractivity contribution in [2.75, 3.05) is 5.32 Å². The van der Waals surface area contributed by atoms with Gasteiger partial charge in [0.1, 0.15) is 17.3 Å². The summed E-state index contributed by atoms with van der Waals surface area (Å²) in [6.45, 7) is 0. The van der Waals surface area contributed by atoms with Crippen molar-refractivity contribution >= 4 is 11.4 Å². The molecule has 2 nitrogen and oxygen atoms in total. The Labute approximate surface area is 102 Å². The van der Waals surface area contributed by atoms with Crippen LogP contribution in [0.4, 0.5) is 37.7 Å². The van der Waals surface area contributed by atoms with Gasteiger partial charge in [0, 0.05) is 11.8 Å². The van der Waals surface area contributed by atoms with Crippen LogP contribution in [0.25, 0.3) is 0 Å². The zero-order chi connectivity index (χ0) is 14.2.